The molecule has 0 saturated heterocycles. The highest BCUT2D eigenvalue weighted by Gasteiger charge is 2.41. The molecule has 10 heteroatoms. The molecule has 0 aliphatic rings. The topological polar surface area (TPSA) is 66.0 Å². The van der Waals surface area contributed by atoms with Crippen LogP contribution >= 0.6 is 0 Å². The van der Waals surface area contributed by atoms with Crippen LogP contribution in [0.1, 0.15) is 17.1 Å². The van der Waals surface area contributed by atoms with Crippen LogP contribution in [0.4, 0.5) is 26.3 Å². The van der Waals surface area contributed by atoms with Crippen LogP contribution in [-0.2, 0) is 19.0 Å². The molecule has 0 saturated carbocycles. The van der Waals surface area contributed by atoms with E-state index in [4.69, 9.17) is 5.11 Å². The molecule has 0 unspecified atom stereocenters. The van der Waals surface area contributed by atoms with E-state index in [-0.39, 0.29) is 0 Å². The molecule has 1 aromatic heterocycles. The van der Waals surface area contributed by atoms with E-state index in [0.717, 1.165) is 4.98 Å². The summed E-state index contributed by atoms with van der Waals surface area (Å²) in [5.41, 5.74) is -4.98. The lowest BCUT2D eigenvalue weighted by molar-refractivity contribution is -0.153. The van der Waals surface area contributed by atoms with Gasteiger partial charge < -0.3 is 10.1 Å². The zero-order valence-electron chi connectivity index (χ0n) is 7.78. The van der Waals surface area contributed by atoms with E-state index >= 15 is 0 Å². The van der Waals surface area contributed by atoms with Gasteiger partial charge in [-0.05, 0) is 0 Å². The van der Waals surface area contributed by atoms with Crippen molar-refractivity contribution in [2.75, 3.05) is 0 Å². The molecule has 0 atom stereocenters. The van der Waals surface area contributed by atoms with Crippen LogP contribution in [0.15, 0.2) is 4.79 Å². The number of rotatable bonds is 1. The fourth-order valence-corrected chi connectivity index (χ4v) is 1.01. The molecule has 0 bridgehead atoms. The molecule has 2 N–H and O–H groups in total. The highest BCUT2D eigenvalue weighted by molar-refractivity contribution is 5.20. The Hall–Kier alpha value is -1.58. The van der Waals surface area contributed by atoms with E-state index in [2.05, 4.69) is 4.98 Å². The van der Waals surface area contributed by atoms with Gasteiger partial charge in [-0.3, -0.25) is 4.79 Å². The number of H-pyrrole nitrogens is 1. The van der Waals surface area contributed by atoms with Crippen molar-refractivity contribution in [1.82, 2.24) is 9.97 Å². The van der Waals surface area contributed by atoms with Gasteiger partial charge in [0, 0.05) is 0 Å². The van der Waals surface area contributed by atoms with Gasteiger partial charge in [0.2, 0.25) is 5.82 Å². The second kappa shape index (κ2) is 4.02. The summed E-state index contributed by atoms with van der Waals surface area (Å²) in [5, 5.41) is 8.52. The molecule has 0 radical (unpaired) electrons. The quantitative estimate of drug-likeness (QED) is 0.750. The highest BCUT2D eigenvalue weighted by atomic mass is 19.4. The van der Waals surface area contributed by atoms with E-state index in [1.54, 1.807) is 0 Å². The van der Waals surface area contributed by atoms with Crippen molar-refractivity contribution in [3.05, 3.63) is 27.4 Å². The first-order valence-electron chi connectivity index (χ1n) is 3.96. The van der Waals surface area contributed by atoms with Crippen molar-refractivity contribution < 1.29 is 31.4 Å². The average molecular weight is 262 g/mol. The highest BCUT2D eigenvalue weighted by Crippen LogP contribution is 2.32. The van der Waals surface area contributed by atoms with Gasteiger partial charge >= 0.3 is 12.4 Å². The third-order valence-electron chi connectivity index (χ3n) is 1.71. The van der Waals surface area contributed by atoms with Crippen LogP contribution in [0, 0.1) is 0 Å². The minimum Gasteiger partial charge on any atom is -0.391 e. The molecule has 0 fully saturated rings. The molecular formula is C7H4F6N2O2. The summed E-state index contributed by atoms with van der Waals surface area (Å²) in [5.74, 6) is -2.06. The summed E-state index contributed by atoms with van der Waals surface area (Å²) in [7, 11) is 0. The van der Waals surface area contributed by atoms with Crippen molar-refractivity contribution >= 4 is 0 Å². The molecule has 17 heavy (non-hydrogen) atoms. The van der Waals surface area contributed by atoms with Crippen molar-refractivity contribution in [1.29, 1.82) is 0 Å². The van der Waals surface area contributed by atoms with Crippen LogP contribution in [0.5, 0.6) is 0 Å². The molecule has 0 aliphatic carbocycles. The van der Waals surface area contributed by atoms with Crippen molar-refractivity contribution in [3.63, 3.8) is 0 Å². The number of nitrogens with one attached hydrogen (secondary N) is 1. The van der Waals surface area contributed by atoms with Gasteiger partial charge in [0.25, 0.3) is 5.56 Å². The van der Waals surface area contributed by atoms with Crippen molar-refractivity contribution in [2.45, 2.75) is 19.0 Å². The van der Waals surface area contributed by atoms with Gasteiger partial charge in [0.05, 0.1) is 12.2 Å². The number of alkyl halides is 6. The van der Waals surface area contributed by atoms with Gasteiger partial charge in [-0.2, -0.15) is 26.3 Å². The molecule has 0 aromatic carbocycles. The number of halogens is 6. The van der Waals surface area contributed by atoms with Gasteiger partial charge in [-0.1, -0.05) is 0 Å². The number of aromatic amines is 1. The SMILES string of the molecule is O=c1[nH]c(C(F)(F)F)nc(C(F)(F)F)c1CO. The van der Waals surface area contributed by atoms with Gasteiger partial charge in [0.1, 0.15) is 0 Å². The number of aliphatic hydroxyl groups is 1. The Morgan fingerprint density at radius 2 is 1.65 bits per heavy atom. The van der Waals surface area contributed by atoms with Crippen LogP contribution < -0.4 is 5.56 Å². The van der Waals surface area contributed by atoms with Crippen LogP contribution in [0.3, 0.4) is 0 Å². The summed E-state index contributed by atoms with van der Waals surface area (Å²) in [6.45, 7) is -1.37. The first-order valence-corrected chi connectivity index (χ1v) is 3.96. The monoisotopic (exact) mass is 262 g/mol. The minimum absolute atomic E-state index is 1.13. The Balaban J connectivity index is 3.57. The smallest absolute Gasteiger partial charge is 0.391 e. The molecule has 0 amide bonds. The second-order valence-corrected chi connectivity index (χ2v) is 2.90. The Labute approximate surface area is 88.9 Å². The lowest BCUT2D eigenvalue weighted by Gasteiger charge is -2.12. The van der Waals surface area contributed by atoms with Crippen molar-refractivity contribution in [3.8, 4) is 0 Å². The zero-order valence-corrected chi connectivity index (χ0v) is 7.78. The third-order valence-corrected chi connectivity index (χ3v) is 1.71. The molecule has 1 heterocycles. The Morgan fingerprint density at radius 1 is 1.12 bits per heavy atom. The molecule has 1 rings (SSSR count). The fourth-order valence-electron chi connectivity index (χ4n) is 1.01. The summed E-state index contributed by atoms with van der Waals surface area (Å²) < 4.78 is 73.2. The normalized spacial score (nSPS) is 12.9. The Morgan fingerprint density at radius 3 is 2.00 bits per heavy atom. The fraction of sp³-hybridized carbons (Fsp3) is 0.429. The number of hydrogen-bond acceptors (Lipinski definition) is 3. The Bertz CT molecular complexity index is 475. The average Bonchev–Trinajstić information content (AvgIpc) is 2.13. The number of aromatic nitrogens is 2. The van der Waals surface area contributed by atoms with Crippen LogP contribution in [0.25, 0.3) is 0 Å². The summed E-state index contributed by atoms with van der Waals surface area (Å²) in [4.78, 5) is 14.3. The maximum absolute atomic E-state index is 12.3. The molecule has 96 valence electrons. The lowest BCUT2D eigenvalue weighted by atomic mass is 10.2. The molecule has 0 aliphatic heterocycles. The number of aliphatic hydroxyl groups excluding tert-OH is 1. The lowest BCUT2D eigenvalue weighted by Crippen LogP contribution is -2.28. The minimum atomic E-state index is -5.26. The summed E-state index contributed by atoms with van der Waals surface area (Å²) in [6.07, 6.45) is -10.5. The molecule has 4 nitrogen and oxygen atoms in total. The summed E-state index contributed by atoms with van der Waals surface area (Å²) in [6, 6.07) is 0. The third kappa shape index (κ3) is 2.75. The van der Waals surface area contributed by atoms with Gasteiger partial charge in [-0.15, -0.1) is 0 Å². The predicted octanol–water partition coefficient (Wildman–Crippen LogP) is 1.30. The molecular weight excluding hydrogens is 258 g/mol. The van der Waals surface area contributed by atoms with E-state index in [0.29, 0.717) is 0 Å². The van der Waals surface area contributed by atoms with Crippen molar-refractivity contribution in [2.24, 2.45) is 0 Å². The van der Waals surface area contributed by atoms with Crippen LogP contribution in [0.2, 0.25) is 0 Å². The largest absolute Gasteiger partial charge is 0.449 e. The van der Waals surface area contributed by atoms with E-state index in [1.807, 2.05) is 0 Å². The van der Waals surface area contributed by atoms with E-state index in [9.17, 15) is 31.1 Å². The first-order chi connectivity index (χ1) is 7.57. The first kappa shape index (κ1) is 13.5. The number of nitrogens with zero attached hydrogens (tertiary/aromatic N) is 1. The second-order valence-electron chi connectivity index (χ2n) is 2.90. The predicted molar refractivity (Wildman–Crippen MR) is 40.8 cm³/mol. The molecule has 1 aromatic rings. The molecule has 0 spiro atoms. The summed E-state index contributed by atoms with van der Waals surface area (Å²) >= 11 is 0. The van der Waals surface area contributed by atoms with E-state index in [1.165, 1.54) is 0 Å². The zero-order chi connectivity index (χ0) is 13.4. The standard InChI is InChI=1S/C7H4F6N2O2/c8-6(9,10)3-2(1-16)4(17)15-5(14-3)7(11,12)13/h16H,1H2,(H,14,15,17). The maximum Gasteiger partial charge on any atom is 0.449 e. The Kier molecular flexibility index (Phi) is 3.19. The maximum atomic E-state index is 12.3. The van der Waals surface area contributed by atoms with Crippen LogP contribution in [-0.4, -0.2) is 15.1 Å². The number of hydrogen-bond donors (Lipinski definition) is 2. The van der Waals surface area contributed by atoms with E-state index < -0.39 is 41.6 Å². The van der Waals surface area contributed by atoms with Gasteiger partial charge in [0.15, 0.2) is 5.69 Å². The van der Waals surface area contributed by atoms with Gasteiger partial charge in [-0.25, -0.2) is 4.98 Å².